The number of carboxylic acids is 1. The summed E-state index contributed by atoms with van der Waals surface area (Å²) in [5.74, 6) is 2.67. The maximum Gasteiger partial charge on any atom is 0.326 e. The third-order valence-corrected chi connectivity index (χ3v) is 4.86. The van der Waals surface area contributed by atoms with Crippen LogP contribution in [-0.4, -0.2) is 38.9 Å². The summed E-state index contributed by atoms with van der Waals surface area (Å²) >= 11 is 0. The molecule has 33 heavy (non-hydrogen) atoms. The second-order valence-electron chi connectivity index (χ2n) is 7.20. The molecule has 3 aromatic rings. The zero-order valence-electron chi connectivity index (χ0n) is 17.4. The van der Waals surface area contributed by atoms with Crippen molar-refractivity contribution in [1.29, 1.82) is 0 Å². The first-order valence-electron chi connectivity index (χ1n) is 9.92. The number of carbonyl (C=O) groups is 3. The quantitative estimate of drug-likeness (QED) is 0.133. The Hall–Kier alpha value is -4.45. The van der Waals surface area contributed by atoms with Crippen LogP contribution < -0.4 is 33.2 Å². The number of H-pyrrole nitrogens is 1. The van der Waals surface area contributed by atoms with Gasteiger partial charge in [0.2, 0.25) is 11.9 Å². The molecule has 1 aromatic heterocycles. The molecule has 0 spiro atoms. The normalized spacial score (nSPS) is 11.5. The number of carboxylic acid groups (broad SMARTS) is 1. The highest BCUT2D eigenvalue weighted by Gasteiger charge is 2.21. The number of carbonyl (C=O) groups excluding carboxylic acids is 2. The van der Waals surface area contributed by atoms with E-state index in [1.54, 1.807) is 36.4 Å². The predicted octanol–water partition coefficient (Wildman–Crippen LogP) is 0.0705. The van der Waals surface area contributed by atoms with E-state index in [9.17, 15) is 24.3 Å². The number of hydrazine groups is 1. The lowest BCUT2D eigenvalue weighted by Gasteiger charge is -2.14. The van der Waals surface area contributed by atoms with E-state index in [4.69, 9.17) is 11.6 Å². The highest BCUT2D eigenvalue weighted by atomic mass is 16.4. The molecule has 0 saturated heterocycles. The summed E-state index contributed by atoms with van der Waals surface area (Å²) in [5, 5.41) is 15.2. The summed E-state index contributed by atoms with van der Waals surface area (Å²) in [5.41, 5.74) is 9.45. The van der Waals surface area contributed by atoms with Gasteiger partial charge in [0.25, 0.3) is 11.5 Å². The summed E-state index contributed by atoms with van der Waals surface area (Å²) < 4.78 is 0. The number of hydrogen-bond acceptors (Lipinski definition) is 8. The lowest BCUT2D eigenvalue weighted by atomic mass is 10.1. The molecule has 2 aromatic carbocycles. The number of nitrogens with one attached hydrogen (secondary N) is 4. The van der Waals surface area contributed by atoms with Crippen LogP contribution in [0.4, 0.5) is 11.6 Å². The van der Waals surface area contributed by atoms with E-state index in [-0.39, 0.29) is 29.9 Å². The van der Waals surface area contributed by atoms with E-state index in [2.05, 4.69) is 20.6 Å². The number of nitrogen functional groups attached to an aromatic ring is 1. The van der Waals surface area contributed by atoms with Crippen molar-refractivity contribution in [1.82, 2.24) is 20.7 Å². The Labute approximate surface area is 187 Å². The Balaban J connectivity index is 1.61. The van der Waals surface area contributed by atoms with Crippen molar-refractivity contribution in [2.45, 2.75) is 25.4 Å². The summed E-state index contributed by atoms with van der Waals surface area (Å²) in [6.45, 7) is 0.412. The molecule has 0 unspecified atom stereocenters. The van der Waals surface area contributed by atoms with E-state index in [1.165, 1.54) is 0 Å². The molecule has 0 saturated carbocycles. The van der Waals surface area contributed by atoms with Crippen molar-refractivity contribution >= 4 is 40.3 Å². The van der Waals surface area contributed by atoms with Gasteiger partial charge in [-0.1, -0.05) is 6.07 Å². The van der Waals surface area contributed by atoms with Crippen LogP contribution in [-0.2, 0) is 16.1 Å². The van der Waals surface area contributed by atoms with Crippen LogP contribution in [0, 0.1) is 0 Å². The molecule has 1 atom stereocenters. The van der Waals surface area contributed by atoms with Gasteiger partial charge in [-0.15, -0.1) is 0 Å². The molecule has 0 radical (unpaired) electrons. The van der Waals surface area contributed by atoms with E-state index >= 15 is 0 Å². The number of nitrogens with two attached hydrogens (primary N) is 2. The number of benzene rings is 2. The molecule has 0 fully saturated rings. The van der Waals surface area contributed by atoms with Gasteiger partial charge in [0.1, 0.15) is 6.04 Å². The number of aromatic amines is 1. The highest BCUT2D eigenvalue weighted by molar-refractivity contribution is 5.97. The first kappa shape index (κ1) is 23.2. The van der Waals surface area contributed by atoms with Crippen LogP contribution in [0.25, 0.3) is 10.9 Å². The van der Waals surface area contributed by atoms with Crippen LogP contribution in [0.2, 0.25) is 0 Å². The van der Waals surface area contributed by atoms with E-state index in [0.29, 0.717) is 23.1 Å². The van der Waals surface area contributed by atoms with Crippen LogP contribution in [0.15, 0.2) is 47.3 Å². The fourth-order valence-electron chi connectivity index (χ4n) is 3.10. The summed E-state index contributed by atoms with van der Waals surface area (Å²) in [6.07, 6.45) is -0.235. The van der Waals surface area contributed by atoms with Crippen LogP contribution in [0.5, 0.6) is 0 Å². The number of hydrogen-bond donors (Lipinski definition) is 7. The SMILES string of the molecule is NNC(=O)CC[C@H](NC(=O)c1ccc(NCc2ccc3nc(N)[nH]c(=O)c3c2)cc1)C(=O)O. The average Bonchev–Trinajstić information content (AvgIpc) is 2.80. The zero-order chi connectivity index (χ0) is 24.0. The number of nitrogens with zero attached hydrogens (tertiary/aromatic N) is 1. The first-order valence-corrected chi connectivity index (χ1v) is 9.92. The minimum absolute atomic E-state index is 0.0539. The van der Waals surface area contributed by atoms with E-state index in [0.717, 1.165) is 5.56 Å². The van der Waals surface area contributed by atoms with Crippen molar-refractivity contribution in [3.05, 3.63) is 63.9 Å². The standard InChI is InChI=1S/C21H23N7O5/c22-21-26-15-6-1-11(9-14(15)19(31)27-21)10-24-13-4-2-12(3-5-13)18(30)25-16(20(32)33)7-8-17(29)28-23/h1-6,9,16,24H,7-8,10,23H2,(H,25,30)(H,28,29)(H,32,33)(H3,22,26,27,31)/t16-/m0/s1. The number of rotatable bonds is 9. The van der Waals surface area contributed by atoms with Crippen LogP contribution in [0.3, 0.4) is 0 Å². The van der Waals surface area contributed by atoms with E-state index in [1.807, 2.05) is 11.5 Å². The molecule has 1 heterocycles. The molecule has 0 bridgehead atoms. The monoisotopic (exact) mass is 453 g/mol. The van der Waals surface area contributed by atoms with Crippen molar-refractivity contribution in [2.24, 2.45) is 5.84 Å². The topological polar surface area (TPSA) is 205 Å². The highest BCUT2D eigenvalue weighted by Crippen LogP contribution is 2.15. The second-order valence-corrected chi connectivity index (χ2v) is 7.20. The summed E-state index contributed by atoms with van der Waals surface area (Å²) in [7, 11) is 0. The molecule has 172 valence electrons. The maximum atomic E-state index is 12.4. The Morgan fingerprint density at radius 1 is 1.12 bits per heavy atom. The van der Waals surface area contributed by atoms with Crippen LogP contribution >= 0.6 is 0 Å². The van der Waals surface area contributed by atoms with Gasteiger partial charge in [-0.05, 0) is 48.4 Å². The third-order valence-electron chi connectivity index (χ3n) is 4.86. The smallest absolute Gasteiger partial charge is 0.326 e. The molecule has 3 rings (SSSR count). The Morgan fingerprint density at radius 2 is 1.85 bits per heavy atom. The molecular formula is C21H23N7O5. The molecule has 0 aliphatic carbocycles. The number of fused-ring (bicyclic) bond motifs is 1. The Morgan fingerprint density at radius 3 is 2.52 bits per heavy atom. The fraction of sp³-hybridized carbons (Fsp3) is 0.190. The van der Waals surface area contributed by atoms with Crippen molar-refractivity contribution in [2.75, 3.05) is 11.1 Å². The van der Waals surface area contributed by atoms with Gasteiger partial charge in [-0.25, -0.2) is 15.6 Å². The molecule has 12 nitrogen and oxygen atoms in total. The first-order chi connectivity index (χ1) is 15.8. The van der Waals surface area contributed by atoms with Gasteiger partial charge in [-0.2, -0.15) is 0 Å². The lowest BCUT2D eigenvalue weighted by molar-refractivity contribution is -0.139. The molecule has 12 heteroatoms. The van der Waals surface area contributed by atoms with Gasteiger partial charge in [-0.3, -0.25) is 24.8 Å². The largest absolute Gasteiger partial charge is 0.480 e. The average molecular weight is 453 g/mol. The molecule has 0 aliphatic rings. The molecule has 9 N–H and O–H groups in total. The minimum Gasteiger partial charge on any atom is -0.480 e. The van der Waals surface area contributed by atoms with Gasteiger partial charge < -0.3 is 21.5 Å². The van der Waals surface area contributed by atoms with Crippen molar-refractivity contribution in [3.63, 3.8) is 0 Å². The maximum absolute atomic E-state index is 12.4. The molecule has 2 amide bonds. The fourth-order valence-corrected chi connectivity index (χ4v) is 3.10. The third kappa shape index (κ3) is 6.04. The number of amides is 2. The van der Waals surface area contributed by atoms with Gasteiger partial charge >= 0.3 is 5.97 Å². The van der Waals surface area contributed by atoms with Crippen molar-refractivity contribution in [3.8, 4) is 0 Å². The lowest BCUT2D eigenvalue weighted by Crippen LogP contribution is -2.42. The van der Waals surface area contributed by atoms with Gasteiger partial charge in [0.15, 0.2) is 0 Å². The number of anilines is 2. The number of aromatic nitrogens is 2. The second kappa shape index (κ2) is 10.2. The van der Waals surface area contributed by atoms with Gasteiger partial charge in [0.05, 0.1) is 10.9 Å². The Bertz CT molecular complexity index is 1240. The predicted molar refractivity (Wildman–Crippen MR) is 121 cm³/mol. The summed E-state index contributed by atoms with van der Waals surface area (Å²) in [6, 6.07) is 10.4. The van der Waals surface area contributed by atoms with Crippen LogP contribution in [0.1, 0.15) is 28.8 Å². The van der Waals surface area contributed by atoms with Gasteiger partial charge in [0, 0.05) is 24.2 Å². The van der Waals surface area contributed by atoms with Crippen molar-refractivity contribution < 1.29 is 19.5 Å². The zero-order valence-corrected chi connectivity index (χ0v) is 17.4. The molecular weight excluding hydrogens is 430 g/mol. The number of aliphatic carboxylic acids is 1. The Kier molecular flexibility index (Phi) is 7.20. The van der Waals surface area contributed by atoms with E-state index < -0.39 is 23.8 Å². The summed E-state index contributed by atoms with van der Waals surface area (Å²) in [4.78, 5) is 53.5. The molecule has 0 aliphatic heterocycles. The minimum atomic E-state index is -1.25.